The number of benzene rings is 1. The fourth-order valence-corrected chi connectivity index (χ4v) is 10.5. The van der Waals surface area contributed by atoms with Gasteiger partial charge >= 0.3 is 0 Å². The first-order valence-electron chi connectivity index (χ1n) is 17.3. The molecule has 0 saturated heterocycles. The molecule has 3 fully saturated rings. The van der Waals surface area contributed by atoms with Crippen molar-refractivity contribution in [1.29, 1.82) is 0 Å². The number of amides is 2. The van der Waals surface area contributed by atoms with Gasteiger partial charge in [0.15, 0.2) is 0 Å². The van der Waals surface area contributed by atoms with E-state index in [9.17, 15) is 9.59 Å². The zero-order chi connectivity index (χ0) is 27.8. The summed E-state index contributed by atoms with van der Waals surface area (Å²) in [6.45, 7) is 0.564. The van der Waals surface area contributed by atoms with Crippen LogP contribution in [-0.2, 0) is 0 Å². The summed E-state index contributed by atoms with van der Waals surface area (Å²) < 4.78 is 0. The summed E-state index contributed by atoms with van der Waals surface area (Å²) in [5.74, 6) is 3.51. The molecule has 1 aromatic rings. The van der Waals surface area contributed by atoms with Gasteiger partial charge in [-0.1, -0.05) is 115 Å². The summed E-state index contributed by atoms with van der Waals surface area (Å²) in [4.78, 5) is 26.7. The quantitative estimate of drug-likeness (QED) is 0.136. The highest BCUT2D eigenvalue weighted by molar-refractivity contribution is 7.19. The van der Waals surface area contributed by atoms with E-state index >= 15 is 0 Å². The van der Waals surface area contributed by atoms with Crippen molar-refractivity contribution in [2.45, 2.75) is 146 Å². The molecule has 0 aromatic heterocycles. The molecule has 1 heterocycles. The summed E-state index contributed by atoms with van der Waals surface area (Å²) in [5.41, 5.74) is 1.15. The van der Waals surface area contributed by atoms with Crippen molar-refractivity contribution < 1.29 is 9.59 Å². The maximum absolute atomic E-state index is 12.6. The Labute approximate surface area is 247 Å². The van der Waals surface area contributed by atoms with Gasteiger partial charge in [0, 0.05) is 6.54 Å². The van der Waals surface area contributed by atoms with E-state index in [1.807, 2.05) is 12.1 Å². The minimum atomic E-state index is -0.105. The summed E-state index contributed by atoms with van der Waals surface area (Å²) in [6, 6.07) is 7.25. The molecule has 3 saturated carbocycles. The molecule has 1 aromatic carbocycles. The number of carbonyl (C=O) groups excluding carboxylic acids is 2. The van der Waals surface area contributed by atoms with E-state index in [0.29, 0.717) is 22.8 Å². The van der Waals surface area contributed by atoms with Gasteiger partial charge in [-0.05, 0) is 79.5 Å². The third kappa shape index (κ3) is 6.88. The predicted molar refractivity (Wildman–Crippen MR) is 170 cm³/mol. The third-order valence-corrected chi connectivity index (χ3v) is 12.9. The number of hydrogen-bond donors (Lipinski definition) is 0. The van der Waals surface area contributed by atoms with Crippen molar-refractivity contribution in [3.8, 4) is 0 Å². The molecule has 3 nitrogen and oxygen atoms in total. The number of rotatable bonds is 13. The van der Waals surface area contributed by atoms with Crippen LogP contribution in [0.4, 0.5) is 0 Å². The molecule has 2 amide bonds. The van der Waals surface area contributed by atoms with E-state index in [1.54, 1.807) is 12.1 Å². The average molecular weight is 566 g/mol. The molecule has 0 radical (unpaired) electrons. The van der Waals surface area contributed by atoms with Crippen molar-refractivity contribution >= 4 is 21.1 Å². The highest BCUT2D eigenvalue weighted by atomic mass is 31.0. The summed E-state index contributed by atoms with van der Waals surface area (Å²) in [5, 5.41) is 0.481. The maximum Gasteiger partial charge on any atom is 0.261 e. The molecular weight excluding hydrogens is 509 g/mol. The first kappa shape index (κ1) is 30.3. The van der Waals surface area contributed by atoms with Crippen molar-refractivity contribution in [3.63, 3.8) is 0 Å². The second-order valence-electron chi connectivity index (χ2n) is 13.9. The number of unbranched alkanes of at least 4 members (excludes halogenated alkanes) is 5. The molecule has 2 atom stereocenters. The Morgan fingerprint density at radius 2 is 1.10 bits per heavy atom. The monoisotopic (exact) mass is 565 g/mol. The highest BCUT2D eigenvalue weighted by Crippen LogP contribution is 2.57. The lowest BCUT2D eigenvalue weighted by molar-refractivity contribution is 0.0650. The lowest BCUT2D eigenvalue weighted by atomic mass is 9.58. The molecule has 0 spiro atoms. The van der Waals surface area contributed by atoms with Crippen molar-refractivity contribution in [1.82, 2.24) is 4.90 Å². The van der Waals surface area contributed by atoms with Gasteiger partial charge < -0.3 is 0 Å². The number of carbonyl (C=O) groups is 2. The van der Waals surface area contributed by atoms with Crippen LogP contribution < -0.4 is 0 Å². The van der Waals surface area contributed by atoms with E-state index in [2.05, 4.69) is 9.24 Å². The molecule has 0 N–H and O–H groups in total. The predicted octanol–water partition coefficient (Wildman–Crippen LogP) is 9.98. The van der Waals surface area contributed by atoms with Gasteiger partial charge in [0.1, 0.15) is 0 Å². The van der Waals surface area contributed by atoms with Crippen molar-refractivity contribution in [3.05, 3.63) is 35.4 Å². The first-order valence-corrected chi connectivity index (χ1v) is 17.9. The highest BCUT2D eigenvalue weighted by Gasteiger charge is 2.49. The van der Waals surface area contributed by atoms with E-state index < -0.39 is 0 Å². The summed E-state index contributed by atoms with van der Waals surface area (Å²) in [6.07, 6.45) is 30.8. The van der Waals surface area contributed by atoms with Gasteiger partial charge in [-0.25, -0.2) is 0 Å². The van der Waals surface area contributed by atoms with Gasteiger partial charge in [0.25, 0.3) is 11.8 Å². The number of hydrogen-bond acceptors (Lipinski definition) is 2. The van der Waals surface area contributed by atoms with Gasteiger partial charge in [-0.15, -0.1) is 9.24 Å². The van der Waals surface area contributed by atoms with Crippen LogP contribution in [0, 0.1) is 23.7 Å². The Morgan fingerprint density at radius 3 is 1.62 bits per heavy atom. The fourth-order valence-electron chi connectivity index (χ4n) is 9.36. The normalized spacial score (nSPS) is 22.6. The van der Waals surface area contributed by atoms with Crippen molar-refractivity contribution in [2.75, 3.05) is 6.54 Å². The maximum atomic E-state index is 12.6. The van der Waals surface area contributed by atoms with Crippen LogP contribution in [0.25, 0.3) is 0 Å². The molecule has 2 unspecified atom stereocenters. The Kier molecular flexibility index (Phi) is 11.2. The van der Waals surface area contributed by atoms with Crippen LogP contribution in [0.15, 0.2) is 24.3 Å². The van der Waals surface area contributed by atoms with Gasteiger partial charge in [0.2, 0.25) is 0 Å². The molecule has 0 bridgehead atoms. The summed E-state index contributed by atoms with van der Waals surface area (Å²) in [7, 11) is 3.66. The van der Waals surface area contributed by atoms with Gasteiger partial charge in [-0.2, -0.15) is 0 Å². The molecule has 1 aliphatic heterocycles. The van der Waals surface area contributed by atoms with Crippen LogP contribution in [0.1, 0.15) is 162 Å². The number of imide groups is 1. The van der Waals surface area contributed by atoms with E-state index in [1.165, 1.54) is 133 Å². The first-order chi connectivity index (χ1) is 19.6. The second kappa shape index (κ2) is 14.8. The Hall–Kier alpha value is -1.21. The van der Waals surface area contributed by atoms with Crippen LogP contribution in [0.5, 0.6) is 0 Å². The second-order valence-corrected chi connectivity index (χ2v) is 14.9. The largest absolute Gasteiger partial charge is 0.274 e. The lowest BCUT2D eigenvalue weighted by Gasteiger charge is -2.54. The van der Waals surface area contributed by atoms with Crippen LogP contribution in [-0.4, -0.2) is 28.4 Å². The van der Waals surface area contributed by atoms with Gasteiger partial charge in [-0.3, -0.25) is 14.5 Å². The average Bonchev–Trinajstić information content (AvgIpc) is 3.26. The Balaban J connectivity index is 1.11. The van der Waals surface area contributed by atoms with E-state index in [-0.39, 0.29) is 11.8 Å². The lowest BCUT2D eigenvalue weighted by Crippen LogP contribution is -2.50. The molecular formula is C36H56NO2P. The third-order valence-electron chi connectivity index (χ3n) is 11.5. The SMILES string of the molecule is O=C1c2ccccc2C(=O)N1CCCCCCCCC(C1CCCCC1)C(P)(C1CCCCC1)C1CCCCC1. The fraction of sp³-hybridized carbons (Fsp3) is 0.778. The molecule has 3 aliphatic carbocycles. The molecule has 4 heteroatoms. The zero-order valence-electron chi connectivity index (χ0n) is 25.2. The van der Waals surface area contributed by atoms with E-state index in [0.717, 1.165) is 36.5 Å². The van der Waals surface area contributed by atoms with Gasteiger partial charge in [0.05, 0.1) is 11.1 Å². The number of nitrogens with zero attached hydrogens (tertiary/aromatic N) is 1. The summed E-state index contributed by atoms with van der Waals surface area (Å²) >= 11 is 0. The molecule has 222 valence electrons. The van der Waals surface area contributed by atoms with Crippen LogP contribution in [0.2, 0.25) is 0 Å². The molecule has 40 heavy (non-hydrogen) atoms. The molecule has 5 rings (SSSR count). The Bertz CT molecular complexity index is 904. The zero-order valence-corrected chi connectivity index (χ0v) is 26.4. The number of fused-ring (bicyclic) bond motifs is 1. The van der Waals surface area contributed by atoms with E-state index in [4.69, 9.17) is 0 Å². The smallest absolute Gasteiger partial charge is 0.261 e. The topological polar surface area (TPSA) is 37.4 Å². The Morgan fingerprint density at radius 1 is 0.650 bits per heavy atom. The minimum absolute atomic E-state index is 0.105. The molecule has 4 aliphatic rings. The minimum Gasteiger partial charge on any atom is -0.274 e. The standard InChI is InChI=1S/C36H56NO2P/c38-34-31-24-15-16-25-32(31)35(39)37(34)27-17-4-2-1-3-14-26-33(28-18-8-5-9-19-28)36(40,29-20-10-6-11-21-29)30-22-12-7-13-23-30/h15-16,24-25,28-30,33H,1-14,17-23,26-27,40H2. The van der Waals surface area contributed by atoms with Crippen molar-refractivity contribution in [2.24, 2.45) is 23.7 Å². The van der Waals surface area contributed by atoms with Crippen LogP contribution in [0.3, 0.4) is 0 Å². The van der Waals surface area contributed by atoms with Crippen LogP contribution >= 0.6 is 9.24 Å².